The fraction of sp³-hybridized carbons (Fsp3) is 0.426. The van der Waals surface area contributed by atoms with Crippen LogP contribution in [0.15, 0.2) is 85.0 Å². The first kappa shape index (κ1) is 51.7. The second-order valence-corrected chi connectivity index (χ2v) is 22.7. The molecule has 10 rings (SSSR count). The molecule has 1 unspecified atom stereocenters. The van der Waals surface area contributed by atoms with E-state index < -0.39 is 26.8 Å². The summed E-state index contributed by atoms with van der Waals surface area (Å²) in [6.07, 6.45) is 10.7. The molecule has 5 atom stereocenters. The van der Waals surface area contributed by atoms with Crippen LogP contribution < -0.4 is 29.5 Å². The Bertz CT molecular complexity index is 3270. The molecular formula is C54H58F2LiN7O6S-2. The number of anilines is 1. The zero-order valence-electron chi connectivity index (χ0n) is 41.8. The topological polar surface area (TPSA) is 158 Å². The number of ketones is 1. The van der Waals surface area contributed by atoms with Gasteiger partial charge < -0.3 is 25.6 Å². The van der Waals surface area contributed by atoms with Gasteiger partial charge >= 0.3 is 24.6 Å². The van der Waals surface area contributed by atoms with Crippen LogP contribution in [-0.2, 0) is 31.2 Å². The Hall–Kier alpha value is -5.66. The van der Waals surface area contributed by atoms with Crippen LogP contribution in [0, 0.1) is 51.0 Å². The quantitative estimate of drug-likeness (QED) is 0.0353. The van der Waals surface area contributed by atoms with E-state index >= 15 is 0 Å². The molecule has 1 saturated heterocycles. The van der Waals surface area contributed by atoms with Gasteiger partial charge in [0.1, 0.15) is 17.8 Å². The number of amides is 1. The Morgan fingerprint density at radius 3 is 2.39 bits per heavy atom. The van der Waals surface area contributed by atoms with E-state index in [2.05, 4.69) is 64.1 Å². The Kier molecular flexibility index (Phi) is 14.4. The van der Waals surface area contributed by atoms with Gasteiger partial charge in [0.25, 0.3) is 0 Å². The van der Waals surface area contributed by atoms with Crippen molar-refractivity contribution in [3.05, 3.63) is 146 Å². The van der Waals surface area contributed by atoms with E-state index in [9.17, 15) is 27.4 Å². The summed E-state index contributed by atoms with van der Waals surface area (Å²) >= 11 is 0. The van der Waals surface area contributed by atoms with Gasteiger partial charge in [-0.25, -0.2) is 22.1 Å². The number of halogens is 2. The summed E-state index contributed by atoms with van der Waals surface area (Å²) in [4.78, 5) is 43.6. The fourth-order valence-corrected chi connectivity index (χ4v) is 13.3. The van der Waals surface area contributed by atoms with Crippen molar-refractivity contribution in [2.45, 2.75) is 133 Å². The number of H-pyrrole nitrogens is 1. The number of carbonyl (C=O) groups excluding carboxylic acids is 2. The minimum Gasteiger partial charge on any atom is -0.568 e. The molecule has 13 nitrogen and oxygen atoms in total. The molecule has 0 bridgehead atoms. The number of aromatic amines is 1. The molecule has 3 fully saturated rings. The minimum atomic E-state index is -2.40. The number of nitrogens with zero attached hydrogens (tertiary/aromatic N) is 6. The van der Waals surface area contributed by atoms with Crippen LogP contribution in [0.5, 0.6) is 0 Å². The van der Waals surface area contributed by atoms with E-state index in [0.29, 0.717) is 82.8 Å². The van der Waals surface area contributed by atoms with Crippen molar-refractivity contribution in [2.24, 2.45) is 10.3 Å². The molecule has 71 heavy (non-hydrogen) atoms. The summed E-state index contributed by atoms with van der Waals surface area (Å²) in [6.45, 7) is 20.0. The second kappa shape index (κ2) is 19.7. The van der Waals surface area contributed by atoms with Gasteiger partial charge in [0.2, 0.25) is 5.78 Å². The van der Waals surface area contributed by atoms with Gasteiger partial charge in [0, 0.05) is 41.4 Å². The maximum absolute atomic E-state index is 14.7. The predicted octanol–water partition coefficient (Wildman–Crippen LogP) is 7.34. The first-order chi connectivity index (χ1) is 33.3. The minimum absolute atomic E-state index is 0. The average molecular weight is 978 g/mol. The molecule has 1 aliphatic heterocycles. The Labute approximate surface area is 425 Å². The molecule has 17 heteroatoms. The first-order valence-electron chi connectivity index (χ1n) is 23.9. The van der Waals surface area contributed by atoms with Crippen molar-refractivity contribution in [1.29, 1.82) is 0 Å². The van der Waals surface area contributed by atoms with Crippen LogP contribution in [0.4, 0.5) is 14.6 Å². The molecule has 4 heterocycles. The standard InChI is InChI=1S/C43H45FN6O5.C11H13FNOS.Li/c1-8-48(23-51)39-37-24(2)15-28(9-11-33(37)46-50(39)32-16-25(3)38(44)26(4)17-32)18-36(52)35-20-31-19-29(30-13-14-54-42(6,7)22-30)10-12-34(31)49(35)43(21-27(43)5)40-45-41(53)55-47-40;1-8-10(12)4-3-5-11(8)15(14,13-2)9-6-7-9;/h1,8,10,12,16-20,24,27,30H,9,11,13-15,21-22H2,2-7H3,(H,45,47,53);3,5,9H,6-7H2,1-2H3;/q-2;-1;+1/b28-18+;;/t24-,27+,30+,43+;;/m1../s1. The molecule has 0 spiro atoms. The van der Waals surface area contributed by atoms with Crippen LogP contribution in [0.1, 0.15) is 134 Å². The fourth-order valence-electron chi connectivity index (χ4n) is 10.9. The van der Waals surface area contributed by atoms with Gasteiger partial charge in [-0.2, -0.15) is 17.2 Å². The van der Waals surface area contributed by atoms with Crippen LogP contribution in [0.3, 0.4) is 0 Å². The number of fused-ring (bicyclic) bond motifs is 2. The van der Waals surface area contributed by atoms with E-state index in [1.54, 1.807) is 56.8 Å². The first-order valence-corrected chi connectivity index (χ1v) is 25.4. The number of aryl methyl sites for hydroxylation is 3. The number of aromatic nitrogens is 5. The molecule has 0 radical (unpaired) electrons. The number of hydrogen-bond donors (Lipinski definition) is 1. The maximum atomic E-state index is 14.7. The zero-order valence-corrected chi connectivity index (χ0v) is 42.6. The smallest absolute Gasteiger partial charge is 0.568 e. The van der Waals surface area contributed by atoms with Crippen LogP contribution in [0.2, 0.25) is 0 Å². The van der Waals surface area contributed by atoms with Crippen LogP contribution in [0.25, 0.3) is 16.6 Å². The Morgan fingerprint density at radius 2 is 1.79 bits per heavy atom. The number of allylic oxidation sites excluding steroid dienone is 2. The van der Waals surface area contributed by atoms with Gasteiger partial charge in [-0.1, -0.05) is 42.5 Å². The third kappa shape index (κ3) is 9.49. The summed E-state index contributed by atoms with van der Waals surface area (Å²) in [5.74, 6) is -0.440. The van der Waals surface area contributed by atoms with Crippen molar-refractivity contribution < 1.29 is 50.7 Å². The third-order valence-electron chi connectivity index (χ3n) is 14.7. The number of carbonyl (C=O) groups is 1. The van der Waals surface area contributed by atoms with Crippen LogP contribution in [-0.4, -0.2) is 65.4 Å². The Morgan fingerprint density at radius 1 is 1.07 bits per heavy atom. The number of benzene rings is 3. The Balaban J connectivity index is 0.000000361. The number of ether oxygens (including phenoxy) is 1. The normalized spacial score (nSPS) is 22.8. The van der Waals surface area contributed by atoms with Gasteiger partial charge in [-0.05, 0) is 155 Å². The van der Waals surface area contributed by atoms with Crippen molar-refractivity contribution in [3.8, 4) is 5.69 Å². The molecule has 4 aliphatic rings. The van der Waals surface area contributed by atoms with Crippen molar-refractivity contribution in [3.63, 3.8) is 0 Å². The van der Waals surface area contributed by atoms with E-state index in [1.807, 2.05) is 19.4 Å². The van der Waals surface area contributed by atoms with Crippen molar-refractivity contribution >= 4 is 38.6 Å². The zero-order chi connectivity index (χ0) is 50.0. The predicted molar refractivity (Wildman–Crippen MR) is 263 cm³/mol. The molecule has 3 aromatic heterocycles. The van der Waals surface area contributed by atoms with Crippen LogP contribution >= 0.6 is 0 Å². The SMILES string of the molecule is CN=S(=O)(c1cc[c-]c(F)c1C)C1CC1.[CH-]=CN([C-]=O)c1c2c(nn1-c1cc(C)c(F)c(C)c1)CC/C(=C\C(=O)c1cc3cc([C@H]4CCOC(C)(C)C4)ccc3n1[C@@]1(c3noc(=O)[nH]3)C[C@@H]1C)C[C@H]2C.[Li+]. The molecule has 6 aromatic rings. The summed E-state index contributed by atoms with van der Waals surface area (Å²) in [5, 5.41) is 10.1. The third-order valence-corrected chi connectivity index (χ3v) is 17.7. The molecule has 3 aromatic carbocycles. The van der Waals surface area contributed by atoms with Crippen molar-refractivity contribution in [2.75, 3.05) is 18.6 Å². The molecule has 1 N–H and O–H groups in total. The van der Waals surface area contributed by atoms with E-state index in [1.165, 1.54) is 16.5 Å². The van der Waals surface area contributed by atoms with E-state index in [-0.39, 0.29) is 53.1 Å². The summed E-state index contributed by atoms with van der Waals surface area (Å²) in [7, 11) is -0.849. The summed E-state index contributed by atoms with van der Waals surface area (Å²) < 4.78 is 59.2. The molecule has 368 valence electrons. The number of rotatable bonds is 11. The molecular weight excluding hydrogens is 920 g/mol. The van der Waals surface area contributed by atoms with Gasteiger partial charge in [-0.3, -0.25) is 25.2 Å². The molecule has 2 saturated carbocycles. The second-order valence-electron chi connectivity index (χ2n) is 20.1. The van der Waals surface area contributed by atoms with Gasteiger partial charge in [0.15, 0.2) is 5.82 Å². The van der Waals surface area contributed by atoms with Gasteiger partial charge in [0.05, 0.1) is 32.4 Å². The monoisotopic (exact) mass is 977 g/mol. The van der Waals surface area contributed by atoms with E-state index in [4.69, 9.17) is 20.9 Å². The molecule has 1 amide bonds. The largest absolute Gasteiger partial charge is 1.00 e. The molecule has 3 aliphatic carbocycles. The summed E-state index contributed by atoms with van der Waals surface area (Å²) in [5.41, 5.74) is 6.08. The number of nitrogens with one attached hydrogen (secondary N) is 1. The maximum Gasteiger partial charge on any atom is 1.00 e. The number of hydrogen-bond acceptors (Lipinski definition) is 9. The van der Waals surface area contributed by atoms with Crippen molar-refractivity contribution in [1.82, 2.24) is 24.5 Å². The summed E-state index contributed by atoms with van der Waals surface area (Å²) in [6, 6.07) is 17.4. The van der Waals surface area contributed by atoms with E-state index in [0.717, 1.165) is 59.6 Å². The average Bonchev–Trinajstić information content (AvgIpc) is 4.17. The van der Waals surface area contributed by atoms with Gasteiger partial charge in [-0.15, -0.1) is 11.6 Å².